The van der Waals surface area contributed by atoms with Crippen LogP contribution in [0.5, 0.6) is 5.75 Å². The first-order valence-electron chi connectivity index (χ1n) is 6.60. The molecule has 0 amide bonds. The zero-order valence-corrected chi connectivity index (χ0v) is 13.1. The lowest BCUT2D eigenvalue weighted by atomic mass is 9.74. The molecule has 1 heterocycles. The Hall–Kier alpha value is -1.62. The third kappa shape index (κ3) is 3.48. The van der Waals surface area contributed by atoms with Gasteiger partial charge in [-0.25, -0.2) is 0 Å². The van der Waals surface area contributed by atoms with Gasteiger partial charge in [-0.1, -0.05) is 0 Å². The van der Waals surface area contributed by atoms with Crippen LogP contribution in [0.1, 0.15) is 39.1 Å². The molecule has 0 aliphatic heterocycles. The highest BCUT2D eigenvalue weighted by molar-refractivity contribution is 5.75. The standard InChI is InChI=1S/C15H24N2O3/c1-10-7-12(20-6)8-11(17-10)9-16-15(4,5)14(2,3)13(18)19/h7-8,16H,9H2,1-6H3,(H,18,19). The fourth-order valence-corrected chi connectivity index (χ4v) is 1.71. The molecule has 0 unspecified atom stereocenters. The summed E-state index contributed by atoms with van der Waals surface area (Å²) < 4.78 is 5.21. The number of rotatable bonds is 6. The number of methoxy groups -OCH3 is 1. The van der Waals surface area contributed by atoms with Gasteiger partial charge in [-0.05, 0) is 34.6 Å². The lowest BCUT2D eigenvalue weighted by molar-refractivity contribution is -0.151. The normalized spacial score (nSPS) is 12.3. The molecule has 0 spiro atoms. The maximum atomic E-state index is 11.4. The van der Waals surface area contributed by atoms with Crippen molar-refractivity contribution in [1.82, 2.24) is 10.3 Å². The number of nitrogens with one attached hydrogen (secondary N) is 1. The molecule has 112 valence electrons. The third-order valence-corrected chi connectivity index (χ3v) is 4.02. The van der Waals surface area contributed by atoms with Crippen molar-refractivity contribution < 1.29 is 14.6 Å². The van der Waals surface area contributed by atoms with Crippen LogP contribution in [0.2, 0.25) is 0 Å². The molecule has 0 aliphatic carbocycles. The van der Waals surface area contributed by atoms with E-state index in [1.54, 1.807) is 21.0 Å². The van der Waals surface area contributed by atoms with Crippen LogP contribution in [0.25, 0.3) is 0 Å². The van der Waals surface area contributed by atoms with Crippen LogP contribution in [0.15, 0.2) is 12.1 Å². The molecule has 5 nitrogen and oxygen atoms in total. The number of aliphatic carboxylic acids is 1. The largest absolute Gasteiger partial charge is 0.497 e. The van der Waals surface area contributed by atoms with Crippen LogP contribution in [0.3, 0.4) is 0 Å². The summed E-state index contributed by atoms with van der Waals surface area (Å²) >= 11 is 0. The molecule has 1 aromatic rings. The van der Waals surface area contributed by atoms with E-state index in [1.165, 1.54) is 0 Å². The summed E-state index contributed by atoms with van der Waals surface area (Å²) in [5.41, 5.74) is 0.242. The summed E-state index contributed by atoms with van der Waals surface area (Å²) in [7, 11) is 1.61. The van der Waals surface area contributed by atoms with Crippen LogP contribution in [0.4, 0.5) is 0 Å². The van der Waals surface area contributed by atoms with Gasteiger partial charge in [0, 0.05) is 29.9 Å². The second kappa shape index (κ2) is 5.79. The second-order valence-corrected chi connectivity index (χ2v) is 6.05. The first kappa shape index (κ1) is 16.4. The number of aryl methyl sites for hydroxylation is 1. The number of nitrogens with zero attached hydrogens (tertiary/aromatic N) is 1. The minimum atomic E-state index is -0.888. The van der Waals surface area contributed by atoms with Gasteiger partial charge < -0.3 is 15.2 Å². The predicted octanol–water partition coefficient (Wildman–Crippen LogP) is 2.38. The van der Waals surface area contributed by atoms with E-state index in [-0.39, 0.29) is 0 Å². The smallest absolute Gasteiger partial charge is 0.310 e. The van der Waals surface area contributed by atoms with Gasteiger partial charge in [0.2, 0.25) is 0 Å². The van der Waals surface area contributed by atoms with Crippen molar-refractivity contribution in [2.75, 3.05) is 7.11 Å². The van der Waals surface area contributed by atoms with Crippen molar-refractivity contribution in [3.63, 3.8) is 0 Å². The summed E-state index contributed by atoms with van der Waals surface area (Å²) in [6.07, 6.45) is 0. The Bertz CT molecular complexity index is 496. The lowest BCUT2D eigenvalue weighted by Crippen LogP contribution is -2.54. The molecule has 2 N–H and O–H groups in total. The number of carboxylic acid groups (broad SMARTS) is 1. The number of hydrogen-bond donors (Lipinski definition) is 2. The molecule has 0 fully saturated rings. The van der Waals surface area contributed by atoms with Crippen LogP contribution >= 0.6 is 0 Å². The van der Waals surface area contributed by atoms with Crippen molar-refractivity contribution >= 4 is 5.97 Å². The molecule has 1 aromatic heterocycles. The average molecular weight is 280 g/mol. The maximum Gasteiger partial charge on any atom is 0.310 e. The zero-order valence-electron chi connectivity index (χ0n) is 13.1. The van der Waals surface area contributed by atoms with Gasteiger partial charge in [-0.3, -0.25) is 9.78 Å². The topological polar surface area (TPSA) is 71.5 Å². The van der Waals surface area contributed by atoms with Crippen molar-refractivity contribution in [2.45, 2.75) is 46.7 Å². The summed E-state index contributed by atoms with van der Waals surface area (Å²) in [6.45, 7) is 9.58. The van der Waals surface area contributed by atoms with Gasteiger partial charge in [0.1, 0.15) is 5.75 Å². The molecule has 0 saturated carbocycles. The molecule has 0 aliphatic rings. The lowest BCUT2D eigenvalue weighted by Gasteiger charge is -2.39. The van der Waals surface area contributed by atoms with E-state index in [9.17, 15) is 9.90 Å². The van der Waals surface area contributed by atoms with Gasteiger partial charge in [0.25, 0.3) is 0 Å². The van der Waals surface area contributed by atoms with Gasteiger partial charge >= 0.3 is 5.97 Å². The molecular formula is C15H24N2O3. The number of ether oxygens (including phenoxy) is 1. The average Bonchev–Trinajstić information content (AvgIpc) is 2.35. The molecule has 0 atom stereocenters. The quantitative estimate of drug-likeness (QED) is 0.837. The van der Waals surface area contributed by atoms with Crippen molar-refractivity contribution in [1.29, 1.82) is 0 Å². The van der Waals surface area contributed by atoms with Gasteiger partial charge in [0.05, 0.1) is 18.2 Å². The summed E-state index contributed by atoms with van der Waals surface area (Å²) in [6, 6.07) is 3.71. The molecule has 5 heteroatoms. The van der Waals surface area contributed by atoms with E-state index in [0.29, 0.717) is 6.54 Å². The van der Waals surface area contributed by atoms with Crippen LogP contribution in [0, 0.1) is 12.3 Å². The highest BCUT2D eigenvalue weighted by Gasteiger charge is 2.43. The summed E-state index contributed by atoms with van der Waals surface area (Å²) in [5, 5.41) is 12.6. The molecule has 1 rings (SSSR count). The summed E-state index contributed by atoms with van der Waals surface area (Å²) in [5.74, 6) is -0.0746. The molecule has 20 heavy (non-hydrogen) atoms. The summed E-state index contributed by atoms with van der Waals surface area (Å²) in [4.78, 5) is 15.8. The molecular weight excluding hydrogens is 256 g/mol. The molecule has 0 bridgehead atoms. The second-order valence-electron chi connectivity index (χ2n) is 6.05. The third-order valence-electron chi connectivity index (χ3n) is 4.02. The SMILES string of the molecule is COc1cc(C)nc(CNC(C)(C)C(C)(C)C(=O)O)c1. The fraction of sp³-hybridized carbons (Fsp3) is 0.600. The zero-order chi connectivity index (χ0) is 15.6. The van der Waals surface area contributed by atoms with E-state index >= 15 is 0 Å². The molecule has 0 aromatic carbocycles. The number of carboxylic acids is 1. The van der Waals surface area contributed by atoms with Crippen molar-refractivity contribution in [2.24, 2.45) is 5.41 Å². The minimum absolute atomic E-state index is 0.488. The van der Waals surface area contributed by atoms with E-state index in [4.69, 9.17) is 4.74 Å². The van der Waals surface area contributed by atoms with E-state index in [2.05, 4.69) is 10.3 Å². The Kier molecular flexibility index (Phi) is 4.76. The first-order chi connectivity index (χ1) is 9.10. The van der Waals surface area contributed by atoms with Gasteiger partial charge in [-0.15, -0.1) is 0 Å². The highest BCUT2D eigenvalue weighted by Crippen LogP contribution is 2.31. The van der Waals surface area contributed by atoms with Crippen molar-refractivity contribution in [3.05, 3.63) is 23.5 Å². The maximum absolute atomic E-state index is 11.4. The number of aromatic nitrogens is 1. The van der Waals surface area contributed by atoms with Crippen LogP contribution in [-0.4, -0.2) is 28.7 Å². The Labute approximate surface area is 120 Å². The van der Waals surface area contributed by atoms with Crippen LogP contribution < -0.4 is 10.1 Å². The van der Waals surface area contributed by atoms with Crippen LogP contribution in [-0.2, 0) is 11.3 Å². The molecule has 0 radical (unpaired) electrons. The molecule has 0 saturated heterocycles. The Balaban J connectivity index is 2.86. The Morgan fingerprint density at radius 3 is 2.45 bits per heavy atom. The number of hydrogen-bond acceptors (Lipinski definition) is 4. The van der Waals surface area contributed by atoms with E-state index in [1.807, 2.05) is 32.9 Å². The highest BCUT2D eigenvalue weighted by atomic mass is 16.5. The Morgan fingerprint density at radius 1 is 1.35 bits per heavy atom. The van der Waals surface area contributed by atoms with E-state index < -0.39 is 16.9 Å². The van der Waals surface area contributed by atoms with Crippen molar-refractivity contribution in [3.8, 4) is 5.75 Å². The van der Waals surface area contributed by atoms with E-state index in [0.717, 1.165) is 17.1 Å². The Morgan fingerprint density at radius 2 is 1.95 bits per heavy atom. The van der Waals surface area contributed by atoms with Gasteiger partial charge in [-0.2, -0.15) is 0 Å². The number of pyridine rings is 1. The number of carbonyl (C=O) groups is 1. The van der Waals surface area contributed by atoms with Gasteiger partial charge in [0.15, 0.2) is 0 Å². The monoisotopic (exact) mass is 280 g/mol. The fourth-order valence-electron chi connectivity index (χ4n) is 1.71. The minimum Gasteiger partial charge on any atom is -0.497 e. The first-order valence-corrected chi connectivity index (χ1v) is 6.60. The predicted molar refractivity (Wildman–Crippen MR) is 77.9 cm³/mol.